The summed E-state index contributed by atoms with van der Waals surface area (Å²) in [6, 6.07) is 0. The average molecular weight is 335 g/mol. The molecule has 2 saturated heterocycles. The SMILES string of the molecule is CC[C@H]1O[C@@H](n2nc(OC)c3c(N)ncnc32)[C@@H]2OC(C)(C)O[C@@H]21. The Labute approximate surface area is 139 Å². The molecule has 2 aromatic rings. The van der Waals surface area contributed by atoms with Crippen LogP contribution < -0.4 is 10.5 Å². The number of nitrogens with two attached hydrogens (primary N) is 1. The Kier molecular flexibility index (Phi) is 3.41. The van der Waals surface area contributed by atoms with Crippen LogP contribution in [0.5, 0.6) is 5.88 Å². The van der Waals surface area contributed by atoms with E-state index in [2.05, 4.69) is 22.0 Å². The number of aromatic nitrogens is 4. The van der Waals surface area contributed by atoms with Crippen molar-refractivity contribution < 1.29 is 18.9 Å². The molecular formula is C15H21N5O4. The van der Waals surface area contributed by atoms with Crippen LogP contribution in [-0.2, 0) is 14.2 Å². The molecule has 0 aliphatic carbocycles. The quantitative estimate of drug-likeness (QED) is 0.893. The van der Waals surface area contributed by atoms with Crippen molar-refractivity contribution in [3.05, 3.63) is 6.33 Å². The van der Waals surface area contributed by atoms with Gasteiger partial charge in [0.2, 0.25) is 5.88 Å². The van der Waals surface area contributed by atoms with Crippen LogP contribution in [0.1, 0.15) is 33.4 Å². The maximum Gasteiger partial charge on any atom is 0.246 e. The summed E-state index contributed by atoms with van der Waals surface area (Å²) < 4.78 is 25.2. The van der Waals surface area contributed by atoms with Gasteiger partial charge in [0, 0.05) is 0 Å². The second-order valence-electron chi connectivity index (χ2n) is 6.45. The standard InChI is InChI=1S/C15H21N5O4/c1-5-7-9-10(24-15(2,3)23-9)14(22-7)20-12-8(13(19-20)21-4)11(16)17-6-18-12/h6-7,9-10,14H,5H2,1-4H3,(H2,16,17,18)/t7-,9-,10-,14-/m1/s1. The number of ether oxygens (including phenoxy) is 4. The fourth-order valence-corrected chi connectivity index (χ4v) is 3.47. The maximum absolute atomic E-state index is 6.16. The van der Waals surface area contributed by atoms with Crippen molar-refractivity contribution in [3.63, 3.8) is 0 Å². The average Bonchev–Trinajstić information content (AvgIpc) is 3.16. The lowest BCUT2D eigenvalue weighted by Crippen LogP contribution is -2.28. The Morgan fingerprint density at radius 1 is 1.29 bits per heavy atom. The van der Waals surface area contributed by atoms with E-state index < -0.39 is 12.0 Å². The van der Waals surface area contributed by atoms with Gasteiger partial charge in [0.25, 0.3) is 0 Å². The van der Waals surface area contributed by atoms with E-state index in [-0.39, 0.29) is 18.3 Å². The first-order chi connectivity index (χ1) is 11.4. The molecule has 4 rings (SSSR count). The monoisotopic (exact) mass is 335 g/mol. The molecule has 0 radical (unpaired) electrons. The zero-order valence-electron chi connectivity index (χ0n) is 14.1. The van der Waals surface area contributed by atoms with Crippen LogP contribution in [-0.4, -0.2) is 51.0 Å². The van der Waals surface area contributed by atoms with Crippen LogP contribution in [0.15, 0.2) is 6.33 Å². The molecule has 0 spiro atoms. The summed E-state index contributed by atoms with van der Waals surface area (Å²) in [5.74, 6) is 0.0150. The molecule has 130 valence electrons. The minimum atomic E-state index is -0.661. The second-order valence-corrected chi connectivity index (χ2v) is 6.45. The fraction of sp³-hybridized carbons (Fsp3) is 0.667. The van der Waals surface area contributed by atoms with E-state index >= 15 is 0 Å². The topological polar surface area (TPSA) is 107 Å². The Morgan fingerprint density at radius 3 is 2.75 bits per heavy atom. The summed E-state index contributed by atoms with van der Waals surface area (Å²) in [5.41, 5.74) is 6.52. The number of rotatable bonds is 3. The highest BCUT2D eigenvalue weighted by atomic mass is 16.8. The molecule has 0 aromatic carbocycles. The molecule has 0 unspecified atom stereocenters. The van der Waals surface area contributed by atoms with Crippen LogP contribution >= 0.6 is 0 Å². The van der Waals surface area contributed by atoms with E-state index in [0.717, 1.165) is 6.42 Å². The highest BCUT2D eigenvalue weighted by Gasteiger charge is 2.56. The van der Waals surface area contributed by atoms with Gasteiger partial charge >= 0.3 is 0 Å². The van der Waals surface area contributed by atoms with Gasteiger partial charge in [-0.05, 0) is 20.3 Å². The molecule has 0 amide bonds. The Balaban J connectivity index is 1.82. The van der Waals surface area contributed by atoms with Crippen molar-refractivity contribution in [1.82, 2.24) is 19.7 Å². The van der Waals surface area contributed by atoms with Crippen LogP contribution in [0.2, 0.25) is 0 Å². The van der Waals surface area contributed by atoms with Gasteiger partial charge < -0.3 is 24.7 Å². The number of anilines is 1. The first-order valence-corrected chi connectivity index (χ1v) is 7.99. The highest BCUT2D eigenvalue weighted by molar-refractivity contribution is 5.90. The molecule has 0 bridgehead atoms. The lowest BCUT2D eigenvalue weighted by Gasteiger charge is -2.23. The number of nitrogen functional groups attached to an aromatic ring is 1. The van der Waals surface area contributed by atoms with E-state index in [0.29, 0.717) is 22.7 Å². The lowest BCUT2D eigenvalue weighted by molar-refractivity contribution is -0.197. The molecule has 2 N–H and O–H groups in total. The minimum Gasteiger partial charge on any atom is -0.479 e. The summed E-state index contributed by atoms with van der Waals surface area (Å²) in [6.45, 7) is 5.86. The molecule has 0 saturated carbocycles. The third-order valence-corrected chi connectivity index (χ3v) is 4.45. The van der Waals surface area contributed by atoms with Crippen molar-refractivity contribution in [3.8, 4) is 5.88 Å². The van der Waals surface area contributed by atoms with Crippen LogP contribution in [0, 0.1) is 0 Å². The van der Waals surface area contributed by atoms with Crippen molar-refractivity contribution in [1.29, 1.82) is 0 Å². The van der Waals surface area contributed by atoms with Crippen LogP contribution in [0.3, 0.4) is 0 Å². The van der Waals surface area contributed by atoms with Gasteiger partial charge in [0.15, 0.2) is 17.7 Å². The fourth-order valence-electron chi connectivity index (χ4n) is 3.47. The van der Waals surface area contributed by atoms with Crippen molar-refractivity contribution >= 4 is 16.9 Å². The molecule has 9 nitrogen and oxygen atoms in total. The smallest absolute Gasteiger partial charge is 0.246 e. The van der Waals surface area contributed by atoms with Gasteiger partial charge in [0.05, 0.1) is 13.2 Å². The lowest BCUT2D eigenvalue weighted by atomic mass is 10.1. The summed E-state index contributed by atoms with van der Waals surface area (Å²) in [6.07, 6.45) is 1.22. The molecule has 2 aliphatic rings. The van der Waals surface area contributed by atoms with E-state index in [1.165, 1.54) is 13.4 Å². The highest BCUT2D eigenvalue weighted by Crippen LogP contribution is 2.45. The van der Waals surface area contributed by atoms with Gasteiger partial charge in [-0.1, -0.05) is 6.92 Å². The summed E-state index contributed by atoms with van der Waals surface area (Å²) in [7, 11) is 1.53. The zero-order valence-corrected chi connectivity index (χ0v) is 14.1. The van der Waals surface area contributed by atoms with Crippen LogP contribution in [0.25, 0.3) is 11.0 Å². The third kappa shape index (κ3) is 2.15. The van der Waals surface area contributed by atoms with Gasteiger partial charge in [-0.2, -0.15) is 0 Å². The van der Waals surface area contributed by atoms with E-state index in [1.807, 2.05) is 13.8 Å². The molecule has 2 aromatic heterocycles. The number of methoxy groups -OCH3 is 1. The van der Waals surface area contributed by atoms with Crippen molar-refractivity contribution in [2.24, 2.45) is 0 Å². The summed E-state index contributed by atoms with van der Waals surface area (Å²) >= 11 is 0. The molecule has 9 heteroatoms. The van der Waals surface area contributed by atoms with Crippen molar-refractivity contribution in [2.45, 2.75) is 57.5 Å². The van der Waals surface area contributed by atoms with Gasteiger partial charge in [-0.15, -0.1) is 5.10 Å². The number of fused-ring (bicyclic) bond motifs is 2. The van der Waals surface area contributed by atoms with Gasteiger partial charge in [-0.25, -0.2) is 14.6 Å². The second kappa shape index (κ2) is 5.27. The minimum absolute atomic E-state index is 0.0776. The van der Waals surface area contributed by atoms with E-state index in [1.54, 1.807) is 4.68 Å². The third-order valence-electron chi connectivity index (χ3n) is 4.45. The predicted molar refractivity (Wildman–Crippen MR) is 84.3 cm³/mol. The van der Waals surface area contributed by atoms with Crippen molar-refractivity contribution in [2.75, 3.05) is 12.8 Å². The number of nitrogens with zero attached hydrogens (tertiary/aromatic N) is 4. The Hall–Kier alpha value is -1.97. The predicted octanol–water partition coefficient (Wildman–Crippen LogP) is 1.24. The molecular weight excluding hydrogens is 314 g/mol. The summed E-state index contributed by atoms with van der Waals surface area (Å²) in [5, 5.41) is 5.05. The molecule has 24 heavy (non-hydrogen) atoms. The Morgan fingerprint density at radius 2 is 2.04 bits per heavy atom. The molecule has 2 fully saturated rings. The zero-order chi connectivity index (χ0) is 17.1. The van der Waals surface area contributed by atoms with E-state index in [9.17, 15) is 0 Å². The van der Waals surface area contributed by atoms with Gasteiger partial charge in [-0.3, -0.25) is 0 Å². The maximum atomic E-state index is 6.16. The van der Waals surface area contributed by atoms with E-state index in [4.69, 9.17) is 24.7 Å². The molecule has 2 aliphatic heterocycles. The molecule has 4 heterocycles. The largest absolute Gasteiger partial charge is 0.479 e. The first kappa shape index (κ1) is 15.6. The molecule has 4 atom stereocenters. The first-order valence-electron chi connectivity index (χ1n) is 7.99. The van der Waals surface area contributed by atoms with Gasteiger partial charge in [0.1, 0.15) is 29.7 Å². The summed E-state index contributed by atoms with van der Waals surface area (Å²) in [4.78, 5) is 8.32. The normalized spacial score (nSPS) is 31.5. The Bertz CT molecular complexity index is 777. The number of hydrogen-bond donors (Lipinski definition) is 1. The van der Waals surface area contributed by atoms with Crippen LogP contribution in [0.4, 0.5) is 5.82 Å². The number of hydrogen-bond acceptors (Lipinski definition) is 8.